The minimum Gasteiger partial charge on any atom is -0.298 e. The van der Waals surface area contributed by atoms with Crippen molar-refractivity contribution in [2.45, 2.75) is 65.8 Å². The quantitative estimate of drug-likeness (QED) is 0.545. The van der Waals surface area contributed by atoms with Gasteiger partial charge in [-0.2, -0.15) is 0 Å². The lowest BCUT2D eigenvalue weighted by atomic mass is 9.69. The lowest BCUT2D eigenvalue weighted by molar-refractivity contribution is -0.132. The number of carbonyl (C=O) groups excluding carboxylic acids is 4. The fourth-order valence-corrected chi connectivity index (χ4v) is 4.31. The molecule has 0 aromatic heterocycles. The van der Waals surface area contributed by atoms with Gasteiger partial charge in [0.25, 0.3) is 11.8 Å². The van der Waals surface area contributed by atoms with Gasteiger partial charge in [-0.05, 0) is 51.2 Å². The molecule has 0 N–H and O–H groups in total. The van der Waals surface area contributed by atoms with Crippen molar-refractivity contribution in [2.24, 2.45) is 16.3 Å². The van der Waals surface area contributed by atoms with Gasteiger partial charge in [0, 0.05) is 25.1 Å². The second kappa shape index (κ2) is 7.89. The Labute approximate surface area is 177 Å². The zero-order chi connectivity index (χ0) is 22.3. The van der Waals surface area contributed by atoms with E-state index in [0.717, 1.165) is 0 Å². The number of imide groups is 1. The average molecular weight is 411 g/mol. The summed E-state index contributed by atoms with van der Waals surface area (Å²) in [7, 11) is 0. The predicted molar refractivity (Wildman–Crippen MR) is 115 cm³/mol. The van der Waals surface area contributed by atoms with Gasteiger partial charge in [-0.25, -0.2) is 0 Å². The molecule has 1 aromatic carbocycles. The van der Waals surface area contributed by atoms with E-state index in [1.54, 1.807) is 24.3 Å². The highest BCUT2D eigenvalue weighted by atomic mass is 16.2. The lowest BCUT2D eigenvalue weighted by Gasteiger charge is -2.35. The van der Waals surface area contributed by atoms with Crippen LogP contribution in [0.5, 0.6) is 0 Å². The molecule has 160 valence electrons. The summed E-state index contributed by atoms with van der Waals surface area (Å²) >= 11 is 0. The Kier molecular flexibility index (Phi) is 5.81. The second-order valence-corrected chi connectivity index (χ2v) is 10.1. The standard InChI is InChI=1S/C24H30N2O4/c1-23(2,3)25-17-13-24(4,5)14-19(28)20(17)18(27)11-8-12-26-21(29)15-9-6-7-10-16(15)22(26)30/h6-7,9-10,20H,8,11-14H2,1-5H3. The van der Waals surface area contributed by atoms with Crippen molar-refractivity contribution in [3.05, 3.63) is 35.4 Å². The van der Waals surface area contributed by atoms with E-state index < -0.39 is 5.92 Å². The van der Waals surface area contributed by atoms with E-state index in [4.69, 9.17) is 4.99 Å². The number of Topliss-reactive ketones (excluding diaryl/α,β-unsaturated/α-hetero) is 2. The van der Waals surface area contributed by atoms with Crippen molar-refractivity contribution in [1.82, 2.24) is 4.90 Å². The molecule has 1 aliphatic heterocycles. The van der Waals surface area contributed by atoms with Crippen molar-refractivity contribution in [2.75, 3.05) is 6.54 Å². The highest BCUT2D eigenvalue weighted by Crippen LogP contribution is 2.36. The Morgan fingerprint density at radius 1 is 1.07 bits per heavy atom. The highest BCUT2D eigenvalue weighted by molar-refractivity contribution is 6.23. The van der Waals surface area contributed by atoms with Crippen LogP contribution in [0.4, 0.5) is 0 Å². The molecular formula is C24H30N2O4. The van der Waals surface area contributed by atoms with Crippen LogP contribution in [-0.2, 0) is 9.59 Å². The van der Waals surface area contributed by atoms with E-state index in [1.165, 1.54) is 4.90 Å². The van der Waals surface area contributed by atoms with Crippen LogP contribution >= 0.6 is 0 Å². The van der Waals surface area contributed by atoms with Crippen LogP contribution in [0, 0.1) is 11.3 Å². The molecular weight excluding hydrogens is 380 g/mol. The Balaban J connectivity index is 1.68. The molecule has 0 saturated heterocycles. The van der Waals surface area contributed by atoms with Gasteiger partial charge in [0.1, 0.15) is 17.5 Å². The van der Waals surface area contributed by atoms with Crippen LogP contribution in [0.2, 0.25) is 0 Å². The number of amides is 2. The van der Waals surface area contributed by atoms with E-state index in [2.05, 4.69) is 0 Å². The van der Waals surface area contributed by atoms with E-state index >= 15 is 0 Å². The summed E-state index contributed by atoms with van der Waals surface area (Å²) in [6.45, 7) is 10.1. The lowest BCUT2D eigenvalue weighted by Crippen LogP contribution is -2.43. The summed E-state index contributed by atoms with van der Waals surface area (Å²) in [4.78, 5) is 56.6. The summed E-state index contributed by atoms with van der Waals surface area (Å²) < 4.78 is 0. The Bertz CT molecular complexity index is 902. The van der Waals surface area contributed by atoms with Crippen molar-refractivity contribution >= 4 is 29.1 Å². The number of benzene rings is 1. The Morgan fingerprint density at radius 3 is 2.17 bits per heavy atom. The van der Waals surface area contributed by atoms with Gasteiger partial charge in [-0.3, -0.25) is 29.1 Å². The van der Waals surface area contributed by atoms with Crippen LogP contribution in [-0.4, -0.2) is 46.1 Å². The Morgan fingerprint density at radius 2 is 1.63 bits per heavy atom. The minimum absolute atomic E-state index is 0.0834. The third kappa shape index (κ3) is 4.58. The molecule has 30 heavy (non-hydrogen) atoms. The first-order chi connectivity index (χ1) is 13.9. The maximum Gasteiger partial charge on any atom is 0.261 e. The number of hydrogen-bond acceptors (Lipinski definition) is 5. The molecule has 2 aliphatic rings. The molecule has 1 unspecified atom stereocenters. The van der Waals surface area contributed by atoms with Crippen molar-refractivity contribution < 1.29 is 19.2 Å². The van der Waals surface area contributed by atoms with Crippen molar-refractivity contribution in [3.63, 3.8) is 0 Å². The number of rotatable bonds is 5. The monoisotopic (exact) mass is 410 g/mol. The molecule has 3 rings (SSSR count). The highest BCUT2D eigenvalue weighted by Gasteiger charge is 2.42. The zero-order valence-corrected chi connectivity index (χ0v) is 18.4. The van der Waals surface area contributed by atoms with Crippen LogP contribution < -0.4 is 0 Å². The molecule has 6 nitrogen and oxygen atoms in total. The first-order valence-corrected chi connectivity index (χ1v) is 10.5. The molecule has 0 bridgehead atoms. The normalized spacial score (nSPS) is 22.6. The maximum atomic E-state index is 13.0. The molecule has 0 radical (unpaired) electrons. The first kappa shape index (κ1) is 22.1. The van der Waals surface area contributed by atoms with Gasteiger partial charge in [0.2, 0.25) is 0 Å². The molecule has 1 saturated carbocycles. The maximum absolute atomic E-state index is 13.0. The number of nitrogens with zero attached hydrogens (tertiary/aromatic N) is 2. The van der Waals surface area contributed by atoms with Gasteiger partial charge in [-0.1, -0.05) is 26.0 Å². The van der Waals surface area contributed by atoms with Crippen LogP contribution in [0.25, 0.3) is 0 Å². The minimum atomic E-state index is -0.806. The average Bonchev–Trinajstić information content (AvgIpc) is 2.84. The third-order valence-corrected chi connectivity index (χ3v) is 5.45. The summed E-state index contributed by atoms with van der Waals surface area (Å²) in [5.41, 5.74) is 0.880. The summed E-state index contributed by atoms with van der Waals surface area (Å²) in [5.74, 6) is -1.71. The molecule has 6 heteroatoms. The van der Waals surface area contributed by atoms with Crippen molar-refractivity contribution in [1.29, 1.82) is 0 Å². The Hall–Kier alpha value is -2.63. The molecule has 0 spiro atoms. The molecule has 1 aliphatic carbocycles. The fourth-order valence-electron chi connectivity index (χ4n) is 4.31. The van der Waals surface area contributed by atoms with Crippen LogP contribution in [0.15, 0.2) is 29.3 Å². The number of fused-ring (bicyclic) bond motifs is 1. The van der Waals surface area contributed by atoms with E-state index in [9.17, 15) is 19.2 Å². The van der Waals surface area contributed by atoms with Gasteiger partial charge >= 0.3 is 0 Å². The number of hydrogen-bond donors (Lipinski definition) is 0. The fraction of sp³-hybridized carbons (Fsp3) is 0.542. The number of carbonyl (C=O) groups is 4. The zero-order valence-electron chi connectivity index (χ0n) is 18.4. The largest absolute Gasteiger partial charge is 0.298 e. The van der Waals surface area contributed by atoms with E-state index in [0.29, 0.717) is 36.1 Å². The van der Waals surface area contributed by atoms with E-state index in [1.807, 2.05) is 34.6 Å². The van der Waals surface area contributed by atoms with Gasteiger partial charge in [-0.15, -0.1) is 0 Å². The van der Waals surface area contributed by atoms with Crippen molar-refractivity contribution in [3.8, 4) is 0 Å². The SMILES string of the molecule is CC1(C)CC(=O)C(C(=O)CCCN2C(=O)c3ccccc3C2=O)C(=NC(C)(C)C)C1. The molecule has 1 aromatic rings. The second-order valence-electron chi connectivity index (χ2n) is 10.1. The summed E-state index contributed by atoms with van der Waals surface area (Å²) in [6.07, 6.45) is 1.43. The van der Waals surface area contributed by atoms with Crippen LogP contribution in [0.1, 0.15) is 81.0 Å². The van der Waals surface area contributed by atoms with Gasteiger partial charge in [0.15, 0.2) is 0 Å². The predicted octanol–water partition coefficient (Wildman–Crippen LogP) is 3.88. The third-order valence-electron chi connectivity index (χ3n) is 5.45. The summed E-state index contributed by atoms with van der Waals surface area (Å²) in [6, 6.07) is 6.73. The number of aliphatic imine (C=N–C) groups is 1. The molecule has 1 heterocycles. The molecule has 1 atom stereocenters. The van der Waals surface area contributed by atoms with Crippen LogP contribution in [0.3, 0.4) is 0 Å². The van der Waals surface area contributed by atoms with Gasteiger partial charge < -0.3 is 0 Å². The smallest absolute Gasteiger partial charge is 0.261 e. The number of ketones is 2. The van der Waals surface area contributed by atoms with Gasteiger partial charge in [0.05, 0.1) is 16.7 Å². The first-order valence-electron chi connectivity index (χ1n) is 10.5. The molecule has 1 fully saturated rings. The van der Waals surface area contributed by atoms with E-state index in [-0.39, 0.29) is 47.3 Å². The summed E-state index contributed by atoms with van der Waals surface area (Å²) in [5, 5.41) is 0. The topological polar surface area (TPSA) is 83.9 Å². The molecule has 2 amide bonds.